The molecule has 0 amide bonds. The first-order valence-corrected chi connectivity index (χ1v) is 29.8. The molecule has 0 saturated carbocycles. The first-order chi connectivity index (χ1) is 34.0. The number of carbonyl (C=O) groups is 3. The molecule has 6 heteroatoms. The number of hydrogen-bond donors (Lipinski definition) is 0. The van der Waals surface area contributed by atoms with Crippen LogP contribution in [0, 0.1) is 0 Å². The summed E-state index contributed by atoms with van der Waals surface area (Å²) in [5, 5.41) is 0. The minimum atomic E-state index is -0.777. The molecule has 0 N–H and O–H groups in total. The van der Waals surface area contributed by atoms with E-state index in [1.54, 1.807) is 0 Å². The van der Waals surface area contributed by atoms with E-state index in [1.165, 1.54) is 167 Å². The van der Waals surface area contributed by atoms with Crippen molar-refractivity contribution in [3.05, 3.63) is 60.8 Å². The van der Waals surface area contributed by atoms with Gasteiger partial charge in [-0.15, -0.1) is 0 Å². The summed E-state index contributed by atoms with van der Waals surface area (Å²) in [6.07, 6.45) is 72.5. The normalized spacial score (nSPS) is 12.4. The van der Waals surface area contributed by atoms with E-state index < -0.39 is 6.10 Å². The van der Waals surface area contributed by atoms with Crippen LogP contribution in [0.5, 0.6) is 0 Å². The van der Waals surface area contributed by atoms with Gasteiger partial charge in [-0.1, -0.05) is 255 Å². The number of allylic oxidation sites excluding steroid dienone is 10. The van der Waals surface area contributed by atoms with Crippen LogP contribution in [0.25, 0.3) is 0 Å². The molecule has 69 heavy (non-hydrogen) atoms. The SMILES string of the molecule is CCCCC/C=C\C/C=C\CCCCCCCC(=O)OC(COC(=O)CCCCCCCCC)COC(=O)CCCCCCCCCCCCCCCC/C=C\C/C=C\C/C=C\CCCCCCC. The Morgan fingerprint density at radius 3 is 0.841 bits per heavy atom. The second-order valence-corrected chi connectivity index (χ2v) is 19.9. The van der Waals surface area contributed by atoms with Gasteiger partial charge in [-0.05, 0) is 89.9 Å². The largest absolute Gasteiger partial charge is 0.462 e. The fraction of sp³-hybridized carbons (Fsp3) is 0.794. The quantitative estimate of drug-likeness (QED) is 0.0262. The van der Waals surface area contributed by atoms with E-state index in [0.29, 0.717) is 19.3 Å². The summed E-state index contributed by atoms with van der Waals surface area (Å²) in [6.45, 7) is 6.57. The van der Waals surface area contributed by atoms with Crippen LogP contribution in [0.15, 0.2) is 60.8 Å². The first-order valence-electron chi connectivity index (χ1n) is 29.8. The maximum absolute atomic E-state index is 12.8. The molecule has 0 aliphatic heterocycles. The zero-order valence-electron chi connectivity index (χ0n) is 45.8. The second-order valence-electron chi connectivity index (χ2n) is 19.9. The van der Waals surface area contributed by atoms with Gasteiger partial charge in [0.2, 0.25) is 0 Å². The fourth-order valence-electron chi connectivity index (χ4n) is 8.48. The number of carbonyl (C=O) groups excluding carboxylic acids is 3. The number of hydrogen-bond acceptors (Lipinski definition) is 6. The molecular weight excluding hydrogens is 853 g/mol. The van der Waals surface area contributed by atoms with Gasteiger partial charge in [0.1, 0.15) is 13.2 Å². The lowest BCUT2D eigenvalue weighted by Crippen LogP contribution is -2.30. The van der Waals surface area contributed by atoms with Crippen LogP contribution in [0.2, 0.25) is 0 Å². The van der Waals surface area contributed by atoms with E-state index in [-0.39, 0.29) is 31.1 Å². The van der Waals surface area contributed by atoms with Crippen molar-refractivity contribution in [1.82, 2.24) is 0 Å². The molecule has 0 spiro atoms. The van der Waals surface area contributed by atoms with Gasteiger partial charge in [0.15, 0.2) is 6.10 Å². The van der Waals surface area contributed by atoms with Gasteiger partial charge in [0.05, 0.1) is 0 Å². The smallest absolute Gasteiger partial charge is 0.306 e. The molecule has 0 aliphatic carbocycles. The van der Waals surface area contributed by atoms with Crippen LogP contribution in [-0.4, -0.2) is 37.2 Å². The Bertz CT molecular complexity index is 1250. The van der Waals surface area contributed by atoms with Crippen molar-refractivity contribution in [1.29, 1.82) is 0 Å². The van der Waals surface area contributed by atoms with Crippen LogP contribution < -0.4 is 0 Å². The number of esters is 3. The first kappa shape index (κ1) is 66.1. The third-order valence-corrected chi connectivity index (χ3v) is 13.0. The van der Waals surface area contributed by atoms with E-state index >= 15 is 0 Å². The molecule has 0 saturated heterocycles. The van der Waals surface area contributed by atoms with E-state index in [0.717, 1.165) is 96.3 Å². The lowest BCUT2D eigenvalue weighted by Gasteiger charge is -2.18. The highest BCUT2D eigenvalue weighted by Crippen LogP contribution is 2.16. The molecule has 0 aromatic rings. The molecule has 0 heterocycles. The highest BCUT2D eigenvalue weighted by molar-refractivity contribution is 5.71. The number of rotatable bonds is 54. The Balaban J connectivity index is 4.08. The molecule has 0 aromatic heterocycles. The van der Waals surface area contributed by atoms with Gasteiger partial charge in [-0.25, -0.2) is 0 Å². The Hall–Kier alpha value is -2.89. The molecule has 0 fully saturated rings. The minimum Gasteiger partial charge on any atom is -0.462 e. The molecule has 0 rings (SSSR count). The van der Waals surface area contributed by atoms with Crippen LogP contribution in [0.4, 0.5) is 0 Å². The van der Waals surface area contributed by atoms with Gasteiger partial charge in [-0.3, -0.25) is 14.4 Å². The zero-order chi connectivity index (χ0) is 50.0. The van der Waals surface area contributed by atoms with Crippen LogP contribution >= 0.6 is 0 Å². The Morgan fingerprint density at radius 1 is 0.290 bits per heavy atom. The third kappa shape index (κ3) is 55.9. The summed E-state index contributed by atoms with van der Waals surface area (Å²) in [5.41, 5.74) is 0. The lowest BCUT2D eigenvalue weighted by atomic mass is 10.0. The third-order valence-electron chi connectivity index (χ3n) is 13.0. The molecular formula is C63H112O6. The van der Waals surface area contributed by atoms with E-state index in [9.17, 15) is 14.4 Å². The topological polar surface area (TPSA) is 78.9 Å². The van der Waals surface area contributed by atoms with E-state index in [2.05, 4.69) is 81.5 Å². The Labute approximate surface area is 428 Å². The average Bonchev–Trinajstić information content (AvgIpc) is 3.35. The number of ether oxygens (including phenoxy) is 3. The molecule has 6 nitrogen and oxygen atoms in total. The summed E-state index contributed by atoms with van der Waals surface area (Å²) in [4.78, 5) is 37.9. The van der Waals surface area contributed by atoms with Gasteiger partial charge < -0.3 is 14.2 Å². The molecule has 1 atom stereocenters. The van der Waals surface area contributed by atoms with Gasteiger partial charge >= 0.3 is 17.9 Å². The van der Waals surface area contributed by atoms with Gasteiger partial charge in [0.25, 0.3) is 0 Å². The standard InChI is InChI=1S/C63H112O6/c1-4-7-10-13-16-18-20-22-24-25-26-27-28-29-30-31-32-33-34-35-36-37-39-40-42-44-47-50-53-56-62(65)68-59-60(58-67-61(64)55-52-49-46-15-12-9-6-3)69-63(66)57-54-51-48-45-43-41-38-23-21-19-17-14-11-8-5-2/h17,19-20,22-23,25-26,28-29,38,60H,4-16,18,21,24,27,30-37,39-59H2,1-3H3/b19-17-,22-20-,26-25-,29-28-,38-23-. The Morgan fingerprint density at radius 2 is 0.522 bits per heavy atom. The number of unbranched alkanes of at least 4 members (excludes halogenated alkanes) is 33. The molecule has 400 valence electrons. The summed E-state index contributed by atoms with van der Waals surface area (Å²) >= 11 is 0. The van der Waals surface area contributed by atoms with Crippen molar-refractivity contribution in [3.63, 3.8) is 0 Å². The van der Waals surface area contributed by atoms with Gasteiger partial charge in [0, 0.05) is 19.3 Å². The summed E-state index contributed by atoms with van der Waals surface area (Å²) < 4.78 is 16.8. The molecule has 0 aliphatic rings. The Kier molecular flexibility index (Phi) is 55.3. The summed E-state index contributed by atoms with van der Waals surface area (Å²) in [5.74, 6) is -0.890. The predicted molar refractivity (Wildman–Crippen MR) is 298 cm³/mol. The van der Waals surface area contributed by atoms with Crippen molar-refractivity contribution < 1.29 is 28.6 Å². The molecule has 0 radical (unpaired) electrons. The van der Waals surface area contributed by atoms with Crippen LogP contribution in [0.3, 0.4) is 0 Å². The molecule has 0 aromatic carbocycles. The lowest BCUT2D eigenvalue weighted by molar-refractivity contribution is -0.167. The molecule has 1 unspecified atom stereocenters. The van der Waals surface area contributed by atoms with Crippen LogP contribution in [-0.2, 0) is 28.6 Å². The predicted octanol–water partition coefficient (Wildman–Crippen LogP) is 20.0. The monoisotopic (exact) mass is 965 g/mol. The van der Waals surface area contributed by atoms with Gasteiger partial charge in [-0.2, -0.15) is 0 Å². The highest BCUT2D eigenvalue weighted by Gasteiger charge is 2.19. The van der Waals surface area contributed by atoms with Crippen molar-refractivity contribution in [3.8, 4) is 0 Å². The second kappa shape index (κ2) is 57.7. The van der Waals surface area contributed by atoms with E-state index in [4.69, 9.17) is 14.2 Å². The minimum absolute atomic E-state index is 0.0780. The van der Waals surface area contributed by atoms with Crippen molar-refractivity contribution >= 4 is 17.9 Å². The zero-order valence-corrected chi connectivity index (χ0v) is 45.8. The van der Waals surface area contributed by atoms with Crippen LogP contribution in [0.1, 0.15) is 303 Å². The molecule has 0 bridgehead atoms. The highest BCUT2D eigenvalue weighted by atomic mass is 16.6. The summed E-state index contributed by atoms with van der Waals surface area (Å²) in [6, 6.07) is 0. The fourth-order valence-corrected chi connectivity index (χ4v) is 8.48. The van der Waals surface area contributed by atoms with E-state index in [1.807, 2.05) is 0 Å². The average molecular weight is 966 g/mol. The summed E-state index contributed by atoms with van der Waals surface area (Å²) in [7, 11) is 0. The van der Waals surface area contributed by atoms with Crippen molar-refractivity contribution in [2.45, 2.75) is 309 Å². The van der Waals surface area contributed by atoms with Crippen molar-refractivity contribution in [2.24, 2.45) is 0 Å². The maximum atomic E-state index is 12.8. The maximum Gasteiger partial charge on any atom is 0.306 e. The van der Waals surface area contributed by atoms with Crippen molar-refractivity contribution in [2.75, 3.05) is 13.2 Å².